The Kier molecular flexibility index (Phi) is 4.29. The number of aromatic nitrogens is 2. The van der Waals surface area contributed by atoms with Gasteiger partial charge in [-0.25, -0.2) is 14.4 Å². The smallest absolute Gasteiger partial charge is 0.261 e. The van der Waals surface area contributed by atoms with Gasteiger partial charge in [0.25, 0.3) is 5.91 Å². The number of rotatable bonds is 4. The van der Waals surface area contributed by atoms with Crippen molar-refractivity contribution in [3.63, 3.8) is 0 Å². The fourth-order valence-corrected chi connectivity index (χ4v) is 2.87. The third-order valence-corrected chi connectivity index (χ3v) is 4.23. The highest BCUT2D eigenvalue weighted by Crippen LogP contribution is 2.26. The molecule has 2 aromatic heterocycles. The highest BCUT2D eigenvalue weighted by Gasteiger charge is 2.11. The lowest BCUT2D eigenvalue weighted by atomic mass is 10.2. The minimum atomic E-state index is -0.299. The minimum Gasteiger partial charge on any atom is -0.368 e. The second-order valence-corrected chi connectivity index (χ2v) is 5.86. The molecule has 3 N–H and O–H groups in total. The Hall–Kier alpha value is -2.80. The zero-order valence-electron chi connectivity index (χ0n) is 12.0. The van der Waals surface area contributed by atoms with E-state index in [0.717, 1.165) is 10.4 Å². The van der Waals surface area contributed by atoms with Crippen molar-refractivity contribution in [2.75, 3.05) is 5.73 Å². The summed E-state index contributed by atoms with van der Waals surface area (Å²) in [5.74, 6) is -0.294. The molecule has 0 unspecified atom stereocenters. The number of hydrogen-bond donors (Lipinski definition) is 2. The maximum atomic E-state index is 12.8. The molecule has 3 aromatic rings. The predicted molar refractivity (Wildman–Crippen MR) is 87.3 cm³/mol. The number of thiophene rings is 1. The number of anilines is 1. The lowest BCUT2D eigenvalue weighted by molar-refractivity contribution is 0.0955. The van der Waals surface area contributed by atoms with Gasteiger partial charge in [-0.15, -0.1) is 11.3 Å². The van der Waals surface area contributed by atoms with Gasteiger partial charge in [0, 0.05) is 12.7 Å². The molecule has 23 heavy (non-hydrogen) atoms. The van der Waals surface area contributed by atoms with Crippen molar-refractivity contribution in [1.82, 2.24) is 15.3 Å². The maximum Gasteiger partial charge on any atom is 0.261 e. The summed E-state index contributed by atoms with van der Waals surface area (Å²) in [7, 11) is 0. The number of nitrogens with two attached hydrogens (primary N) is 1. The van der Waals surface area contributed by atoms with Gasteiger partial charge in [-0.3, -0.25) is 4.79 Å². The van der Waals surface area contributed by atoms with Crippen molar-refractivity contribution in [2.24, 2.45) is 0 Å². The molecule has 0 fully saturated rings. The first-order valence-corrected chi connectivity index (χ1v) is 7.65. The summed E-state index contributed by atoms with van der Waals surface area (Å²) in [5, 5.41) is 2.80. The van der Waals surface area contributed by atoms with Gasteiger partial charge >= 0.3 is 0 Å². The minimum absolute atomic E-state index is 0.187. The van der Waals surface area contributed by atoms with Gasteiger partial charge in [0.15, 0.2) is 0 Å². The van der Waals surface area contributed by atoms with Gasteiger partial charge in [0.05, 0.1) is 15.4 Å². The second-order valence-electron chi connectivity index (χ2n) is 4.77. The van der Waals surface area contributed by atoms with Crippen LogP contribution >= 0.6 is 11.3 Å². The van der Waals surface area contributed by atoms with E-state index in [2.05, 4.69) is 15.3 Å². The van der Waals surface area contributed by atoms with Crippen molar-refractivity contribution in [1.29, 1.82) is 0 Å². The Labute approximate surface area is 136 Å². The maximum absolute atomic E-state index is 12.8. The molecule has 116 valence electrons. The van der Waals surface area contributed by atoms with Crippen LogP contribution in [-0.2, 0) is 6.54 Å². The number of carbonyl (C=O) groups is 1. The fourth-order valence-electron chi connectivity index (χ4n) is 1.98. The molecule has 3 rings (SSSR count). The van der Waals surface area contributed by atoms with Crippen molar-refractivity contribution < 1.29 is 9.18 Å². The van der Waals surface area contributed by atoms with Crippen LogP contribution in [0.15, 0.2) is 48.7 Å². The van der Waals surface area contributed by atoms with E-state index in [1.54, 1.807) is 30.5 Å². The van der Waals surface area contributed by atoms with Gasteiger partial charge in [0.1, 0.15) is 5.82 Å². The molecule has 0 saturated heterocycles. The monoisotopic (exact) mass is 328 g/mol. The van der Waals surface area contributed by atoms with E-state index in [1.165, 1.54) is 23.5 Å². The number of carbonyl (C=O) groups excluding carboxylic acids is 1. The number of amides is 1. The molecule has 5 nitrogen and oxygen atoms in total. The van der Waals surface area contributed by atoms with Crippen LogP contribution in [0.2, 0.25) is 0 Å². The summed E-state index contributed by atoms with van der Waals surface area (Å²) < 4.78 is 12.8. The van der Waals surface area contributed by atoms with Crippen LogP contribution in [0.25, 0.3) is 10.6 Å². The van der Waals surface area contributed by atoms with Crippen LogP contribution in [-0.4, -0.2) is 15.9 Å². The van der Waals surface area contributed by atoms with Crippen LogP contribution in [0.4, 0.5) is 10.3 Å². The molecule has 0 spiro atoms. The third-order valence-electron chi connectivity index (χ3n) is 3.12. The molecule has 1 amide bonds. The molecular weight excluding hydrogens is 315 g/mol. The van der Waals surface area contributed by atoms with E-state index in [1.807, 2.05) is 6.07 Å². The number of halogens is 1. The van der Waals surface area contributed by atoms with Crippen LogP contribution in [0.1, 0.15) is 15.2 Å². The zero-order valence-corrected chi connectivity index (χ0v) is 12.8. The molecular formula is C16H13FN4OS. The van der Waals surface area contributed by atoms with Crippen molar-refractivity contribution in [3.8, 4) is 10.6 Å². The van der Waals surface area contributed by atoms with Gasteiger partial charge in [-0.1, -0.05) is 12.1 Å². The molecule has 0 saturated carbocycles. The summed E-state index contributed by atoms with van der Waals surface area (Å²) in [6.07, 6.45) is 1.58. The molecule has 0 aliphatic carbocycles. The Bertz CT molecular complexity index is 832. The number of benzene rings is 1. The molecule has 0 atom stereocenters. The van der Waals surface area contributed by atoms with E-state index >= 15 is 0 Å². The molecule has 0 aliphatic rings. The fraction of sp³-hybridized carbons (Fsp3) is 0.0625. The molecule has 1 aromatic carbocycles. The Balaban J connectivity index is 1.67. The van der Waals surface area contributed by atoms with E-state index in [9.17, 15) is 9.18 Å². The van der Waals surface area contributed by atoms with E-state index in [4.69, 9.17) is 5.73 Å². The van der Waals surface area contributed by atoms with Gasteiger partial charge in [-0.2, -0.15) is 0 Å². The van der Waals surface area contributed by atoms with Crippen molar-refractivity contribution in [3.05, 3.63) is 64.9 Å². The molecule has 0 aliphatic heterocycles. The first-order valence-electron chi connectivity index (χ1n) is 6.83. The van der Waals surface area contributed by atoms with Crippen LogP contribution in [0, 0.1) is 5.82 Å². The number of hydrogen-bond acceptors (Lipinski definition) is 5. The highest BCUT2D eigenvalue weighted by atomic mass is 32.1. The summed E-state index contributed by atoms with van der Waals surface area (Å²) in [5.41, 5.74) is 7.08. The molecule has 0 bridgehead atoms. The third kappa shape index (κ3) is 3.70. The quantitative estimate of drug-likeness (QED) is 0.772. The standard InChI is InChI=1S/C16H13FN4OS/c17-11-3-1-10(2-4-11)9-20-15(22)14-6-5-13(23-14)12-7-8-19-16(18)21-12/h1-8H,9H2,(H,20,22)(H2,18,19,21). The Morgan fingerprint density at radius 1 is 1.17 bits per heavy atom. The lowest BCUT2D eigenvalue weighted by Crippen LogP contribution is -2.21. The van der Waals surface area contributed by atoms with Crippen LogP contribution in [0.5, 0.6) is 0 Å². The first-order chi connectivity index (χ1) is 11.1. The average molecular weight is 328 g/mol. The highest BCUT2D eigenvalue weighted by molar-refractivity contribution is 7.17. The molecule has 2 heterocycles. The number of nitrogens with one attached hydrogen (secondary N) is 1. The van der Waals surface area contributed by atoms with Crippen molar-refractivity contribution >= 4 is 23.2 Å². The van der Waals surface area contributed by atoms with Crippen LogP contribution in [0.3, 0.4) is 0 Å². The van der Waals surface area contributed by atoms with Crippen LogP contribution < -0.4 is 11.1 Å². The largest absolute Gasteiger partial charge is 0.368 e. The normalized spacial score (nSPS) is 10.5. The Morgan fingerprint density at radius 2 is 1.96 bits per heavy atom. The number of nitrogen functional groups attached to an aromatic ring is 1. The summed E-state index contributed by atoms with van der Waals surface area (Å²) >= 11 is 1.32. The summed E-state index contributed by atoms with van der Waals surface area (Å²) in [6.45, 7) is 0.340. The predicted octanol–water partition coefficient (Wildman–Crippen LogP) is 2.86. The number of nitrogens with zero attached hydrogens (tertiary/aromatic N) is 2. The lowest BCUT2D eigenvalue weighted by Gasteiger charge is -2.03. The SMILES string of the molecule is Nc1nccc(-c2ccc(C(=O)NCc3ccc(F)cc3)s2)n1. The van der Waals surface area contributed by atoms with E-state index in [0.29, 0.717) is 17.1 Å². The second kappa shape index (κ2) is 6.53. The molecule has 0 radical (unpaired) electrons. The van der Waals surface area contributed by atoms with Gasteiger partial charge < -0.3 is 11.1 Å². The van der Waals surface area contributed by atoms with Crippen molar-refractivity contribution in [2.45, 2.75) is 6.54 Å². The van der Waals surface area contributed by atoms with Gasteiger partial charge in [0.2, 0.25) is 5.95 Å². The average Bonchev–Trinajstić information content (AvgIpc) is 3.04. The zero-order chi connectivity index (χ0) is 16.2. The topological polar surface area (TPSA) is 80.9 Å². The summed E-state index contributed by atoms with van der Waals surface area (Å²) in [4.78, 5) is 21.5. The molecule has 7 heteroatoms. The first kappa shape index (κ1) is 15.1. The summed E-state index contributed by atoms with van der Waals surface area (Å²) in [6, 6.07) is 11.3. The van der Waals surface area contributed by atoms with E-state index in [-0.39, 0.29) is 17.7 Å². The Morgan fingerprint density at radius 3 is 2.70 bits per heavy atom. The van der Waals surface area contributed by atoms with E-state index < -0.39 is 0 Å². The van der Waals surface area contributed by atoms with Gasteiger partial charge in [-0.05, 0) is 35.9 Å².